The molecule has 1 aliphatic rings. The zero-order chi connectivity index (χ0) is 13.7. The second kappa shape index (κ2) is 7.07. The van der Waals surface area contributed by atoms with E-state index in [1.807, 2.05) is 6.08 Å². The summed E-state index contributed by atoms with van der Waals surface area (Å²) in [6.07, 6.45) is 3.45. The lowest BCUT2D eigenvalue weighted by Crippen LogP contribution is -2.37. The van der Waals surface area contributed by atoms with Gasteiger partial charge < -0.3 is 15.3 Å². The van der Waals surface area contributed by atoms with Gasteiger partial charge in [-0.3, -0.25) is 0 Å². The number of hydrogen-bond acceptors (Lipinski definition) is 3. The van der Waals surface area contributed by atoms with Crippen molar-refractivity contribution in [3.63, 3.8) is 0 Å². The van der Waals surface area contributed by atoms with Crippen LogP contribution in [0.2, 0.25) is 0 Å². The van der Waals surface area contributed by atoms with E-state index in [-0.39, 0.29) is 12.5 Å². The first-order valence-electron chi connectivity index (χ1n) is 6.80. The second-order valence-corrected chi connectivity index (χ2v) is 5.60. The summed E-state index contributed by atoms with van der Waals surface area (Å²) in [6, 6.07) is 0. The van der Waals surface area contributed by atoms with E-state index in [4.69, 9.17) is 0 Å². The summed E-state index contributed by atoms with van der Waals surface area (Å²) in [4.78, 5) is 0. The number of hydrogen-bond donors (Lipinski definition) is 3. The highest BCUT2D eigenvalue weighted by Crippen LogP contribution is 2.29. The quantitative estimate of drug-likeness (QED) is 0.661. The molecule has 3 heteroatoms. The van der Waals surface area contributed by atoms with Crippen molar-refractivity contribution in [2.24, 2.45) is 11.8 Å². The Morgan fingerprint density at radius 1 is 1.33 bits per heavy atom. The molecule has 104 valence electrons. The molecule has 3 atom stereocenters. The number of aliphatic hydroxyl groups excluding tert-OH is 3. The molecule has 3 N–H and O–H groups in total. The third kappa shape index (κ3) is 3.94. The summed E-state index contributed by atoms with van der Waals surface area (Å²) in [7, 11) is 0. The van der Waals surface area contributed by atoms with Gasteiger partial charge in [-0.25, -0.2) is 0 Å². The third-order valence-corrected chi connectivity index (χ3v) is 3.94. The molecule has 18 heavy (non-hydrogen) atoms. The SMILES string of the molecule is C=C1CC/C=C(/CO)CC[C@@H](C(C)C)[C@@H](O)[C@@H]1O. The second-order valence-electron chi connectivity index (χ2n) is 5.60. The van der Waals surface area contributed by atoms with Gasteiger partial charge in [-0.15, -0.1) is 0 Å². The van der Waals surface area contributed by atoms with Crippen molar-refractivity contribution in [2.75, 3.05) is 6.61 Å². The van der Waals surface area contributed by atoms with Gasteiger partial charge in [-0.05, 0) is 48.7 Å². The first-order valence-corrected chi connectivity index (χ1v) is 6.80. The average molecular weight is 254 g/mol. The molecule has 0 spiro atoms. The van der Waals surface area contributed by atoms with Crippen molar-refractivity contribution in [2.45, 2.75) is 51.7 Å². The lowest BCUT2D eigenvalue weighted by Gasteiger charge is -2.31. The number of allylic oxidation sites excluding steroid dienone is 1. The topological polar surface area (TPSA) is 60.7 Å². The smallest absolute Gasteiger partial charge is 0.101 e. The molecule has 0 amide bonds. The van der Waals surface area contributed by atoms with E-state index in [0.717, 1.165) is 24.8 Å². The zero-order valence-electron chi connectivity index (χ0n) is 11.5. The summed E-state index contributed by atoms with van der Waals surface area (Å²) >= 11 is 0. The summed E-state index contributed by atoms with van der Waals surface area (Å²) in [5.74, 6) is 0.326. The summed E-state index contributed by atoms with van der Waals surface area (Å²) < 4.78 is 0. The van der Waals surface area contributed by atoms with Gasteiger partial charge >= 0.3 is 0 Å². The first kappa shape index (κ1) is 15.4. The largest absolute Gasteiger partial charge is 0.392 e. The molecule has 0 fully saturated rings. The fourth-order valence-electron chi connectivity index (χ4n) is 2.58. The molecule has 0 aromatic rings. The van der Waals surface area contributed by atoms with Gasteiger partial charge in [0.2, 0.25) is 0 Å². The van der Waals surface area contributed by atoms with Gasteiger partial charge in [0.15, 0.2) is 0 Å². The molecule has 0 bridgehead atoms. The summed E-state index contributed by atoms with van der Waals surface area (Å²) in [6.45, 7) is 8.05. The van der Waals surface area contributed by atoms with Gasteiger partial charge in [0, 0.05) is 0 Å². The van der Waals surface area contributed by atoms with E-state index in [1.54, 1.807) is 0 Å². The Kier molecular flexibility index (Phi) is 6.06. The molecular weight excluding hydrogens is 228 g/mol. The molecule has 0 aromatic heterocycles. The van der Waals surface area contributed by atoms with Crippen LogP contribution in [-0.4, -0.2) is 34.1 Å². The lowest BCUT2D eigenvalue weighted by atomic mass is 9.80. The van der Waals surface area contributed by atoms with Gasteiger partial charge in [0.25, 0.3) is 0 Å². The highest BCUT2D eigenvalue weighted by atomic mass is 16.3. The van der Waals surface area contributed by atoms with Crippen LogP contribution < -0.4 is 0 Å². The van der Waals surface area contributed by atoms with Crippen molar-refractivity contribution in [3.8, 4) is 0 Å². The Hall–Kier alpha value is -0.640. The molecule has 0 aliphatic heterocycles. The minimum Gasteiger partial charge on any atom is -0.392 e. The Morgan fingerprint density at radius 3 is 2.56 bits per heavy atom. The molecule has 0 radical (unpaired) electrons. The van der Waals surface area contributed by atoms with Gasteiger partial charge in [0.05, 0.1) is 12.7 Å². The predicted molar refractivity (Wildman–Crippen MR) is 73.1 cm³/mol. The molecule has 0 heterocycles. The maximum absolute atomic E-state index is 10.3. The van der Waals surface area contributed by atoms with Crippen LogP contribution >= 0.6 is 0 Å². The predicted octanol–water partition coefficient (Wildman–Crippen LogP) is 2.03. The first-order chi connectivity index (χ1) is 8.47. The van der Waals surface area contributed by atoms with E-state index in [0.29, 0.717) is 17.9 Å². The normalized spacial score (nSPS) is 34.2. The van der Waals surface area contributed by atoms with Gasteiger partial charge in [-0.1, -0.05) is 26.5 Å². The fourth-order valence-corrected chi connectivity index (χ4v) is 2.58. The van der Waals surface area contributed by atoms with Gasteiger partial charge in [-0.2, -0.15) is 0 Å². The molecule has 3 nitrogen and oxygen atoms in total. The van der Waals surface area contributed by atoms with Crippen molar-refractivity contribution >= 4 is 0 Å². The molecule has 1 aliphatic carbocycles. The minimum atomic E-state index is -0.832. The molecule has 1 rings (SSSR count). The van der Waals surface area contributed by atoms with Crippen LogP contribution in [0.15, 0.2) is 23.8 Å². The maximum atomic E-state index is 10.3. The van der Waals surface area contributed by atoms with Crippen molar-refractivity contribution in [3.05, 3.63) is 23.8 Å². The molecule has 0 aromatic carbocycles. The molecule has 0 saturated heterocycles. The standard InChI is InChI=1S/C15H26O3/c1-10(2)13-8-7-12(9-16)6-4-5-11(3)14(17)15(13)18/h6,10,13-18H,3-5,7-9H2,1-2H3/b12-6+/t13-,14+,15+/m0/s1. The van der Waals surface area contributed by atoms with Crippen molar-refractivity contribution in [1.82, 2.24) is 0 Å². The average Bonchev–Trinajstić information content (AvgIpc) is 2.34. The minimum absolute atomic E-state index is 0.0322. The Bertz CT molecular complexity index is 307. The number of aliphatic hydroxyl groups is 3. The van der Waals surface area contributed by atoms with E-state index in [1.165, 1.54) is 0 Å². The van der Waals surface area contributed by atoms with E-state index >= 15 is 0 Å². The number of rotatable bonds is 2. The fraction of sp³-hybridized carbons (Fsp3) is 0.733. The maximum Gasteiger partial charge on any atom is 0.101 e. The Balaban J connectivity index is 2.89. The van der Waals surface area contributed by atoms with Crippen LogP contribution in [0.5, 0.6) is 0 Å². The van der Waals surface area contributed by atoms with Crippen LogP contribution in [-0.2, 0) is 0 Å². The van der Waals surface area contributed by atoms with Crippen LogP contribution in [0, 0.1) is 11.8 Å². The van der Waals surface area contributed by atoms with E-state index < -0.39 is 12.2 Å². The van der Waals surface area contributed by atoms with Crippen LogP contribution in [0.3, 0.4) is 0 Å². The summed E-state index contributed by atoms with van der Waals surface area (Å²) in [5.41, 5.74) is 1.71. The van der Waals surface area contributed by atoms with Gasteiger partial charge in [0.1, 0.15) is 6.10 Å². The summed E-state index contributed by atoms with van der Waals surface area (Å²) in [5, 5.41) is 29.6. The third-order valence-electron chi connectivity index (χ3n) is 3.94. The molecule has 0 saturated carbocycles. The lowest BCUT2D eigenvalue weighted by molar-refractivity contribution is -0.0165. The zero-order valence-corrected chi connectivity index (χ0v) is 11.5. The van der Waals surface area contributed by atoms with Crippen LogP contribution in [0.4, 0.5) is 0 Å². The monoisotopic (exact) mass is 254 g/mol. The highest BCUT2D eigenvalue weighted by Gasteiger charge is 2.30. The Morgan fingerprint density at radius 2 is 2.00 bits per heavy atom. The highest BCUT2D eigenvalue weighted by molar-refractivity contribution is 5.11. The molecular formula is C15H26O3. The van der Waals surface area contributed by atoms with Crippen LogP contribution in [0.1, 0.15) is 39.5 Å². The van der Waals surface area contributed by atoms with E-state index in [2.05, 4.69) is 20.4 Å². The van der Waals surface area contributed by atoms with Crippen molar-refractivity contribution in [1.29, 1.82) is 0 Å². The Labute approximate surface area is 110 Å². The van der Waals surface area contributed by atoms with Crippen LogP contribution in [0.25, 0.3) is 0 Å². The molecule has 0 unspecified atom stereocenters. The van der Waals surface area contributed by atoms with Crippen molar-refractivity contribution < 1.29 is 15.3 Å². The van der Waals surface area contributed by atoms with E-state index in [9.17, 15) is 15.3 Å².